The minimum Gasteiger partial charge on any atom is -0.487 e. The van der Waals surface area contributed by atoms with Gasteiger partial charge in [-0.2, -0.15) is 0 Å². The van der Waals surface area contributed by atoms with Crippen LogP contribution in [0.15, 0.2) is 41.4 Å². The number of terminal acetylenes is 1. The lowest BCUT2D eigenvalue weighted by Crippen LogP contribution is -2.25. The molecule has 1 atom stereocenters. The highest BCUT2D eigenvalue weighted by Crippen LogP contribution is 2.42. The Hall–Kier alpha value is -3.05. The van der Waals surface area contributed by atoms with Gasteiger partial charge >= 0.3 is 0 Å². The fraction of sp³-hybridized carbons (Fsp3) is 0.318. The van der Waals surface area contributed by atoms with E-state index in [2.05, 4.69) is 10.9 Å². The molecule has 152 valence electrons. The summed E-state index contributed by atoms with van der Waals surface area (Å²) in [6.07, 6.45) is 6.75. The van der Waals surface area contributed by atoms with E-state index in [4.69, 9.17) is 31.1 Å². The first-order valence-electron chi connectivity index (χ1n) is 9.24. The predicted octanol–water partition coefficient (Wildman–Crippen LogP) is 2.86. The van der Waals surface area contributed by atoms with Crippen LogP contribution in [0.4, 0.5) is 11.4 Å². The van der Waals surface area contributed by atoms with E-state index in [9.17, 15) is 0 Å². The van der Waals surface area contributed by atoms with Gasteiger partial charge in [-0.15, -0.1) is 6.42 Å². The summed E-state index contributed by atoms with van der Waals surface area (Å²) in [5.74, 6) is 3.84. The lowest BCUT2D eigenvalue weighted by atomic mass is 10.1. The lowest BCUT2D eigenvalue weighted by molar-refractivity contribution is 0.132. The van der Waals surface area contributed by atoms with Crippen molar-refractivity contribution in [2.24, 2.45) is 10.7 Å². The Labute approximate surface area is 171 Å². The second-order valence-electron chi connectivity index (χ2n) is 6.31. The first-order valence-corrected chi connectivity index (χ1v) is 9.24. The van der Waals surface area contributed by atoms with E-state index in [-0.39, 0.29) is 0 Å². The lowest BCUT2D eigenvalue weighted by Gasteiger charge is -2.30. The van der Waals surface area contributed by atoms with Crippen molar-refractivity contribution in [3.8, 4) is 23.8 Å². The SMILES string of the molecule is C#Cc1cccc(N2C=NC(N)c3cc(OCCOC)c(OCCOC)cc32)c1. The van der Waals surface area contributed by atoms with Crippen LogP contribution < -0.4 is 20.1 Å². The average Bonchev–Trinajstić information content (AvgIpc) is 2.75. The minimum absolute atomic E-state index is 0.391. The average molecular weight is 395 g/mol. The number of nitrogens with zero attached hydrogens (tertiary/aromatic N) is 2. The van der Waals surface area contributed by atoms with Crippen LogP contribution in [0.2, 0.25) is 0 Å². The maximum atomic E-state index is 6.24. The van der Waals surface area contributed by atoms with Crippen LogP contribution >= 0.6 is 0 Å². The van der Waals surface area contributed by atoms with Gasteiger partial charge in [-0.1, -0.05) is 12.0 Å². The number of anilines is 2. The number of hydrogen-bond acceptors (Lipinski definition) is 7. The highest BCUT2D eigenvalue weighted by Gasteiger charge is 2.24. The normalized spacial score (nSPS) is 15.0. The third-order valence-corrected chi connectivity index (χ3v) is 4.39. The summed E-state index contributed by atoms with van der Waals surface area (Å²) in [5.41, 5.74) is 9.58. The number of nitrogens with two attached hydrogens (primary N) is 1. The molecule has 0 saturated carbocycles. The van der Waals surface area contributed by atoms with Crippen LogP contribution in [0.25, 0.3) is 0 Å². The van der Waals surface area contributed by atoms with Gasteiger partial charge in [0, 0.05) is 37.1 Å². The molecule has 0 aliphatic carbocycles. The maximum absolute atomic E-state index is 6.24. The Morgan fingerprint density at radius 3 is 2.38 bits per heavy atom. The number of aliphatic imine (C=N–C) groups is 1. The summed E-state index contributed by atoms with van der Waals surface area (Å²) in [6, 6.07) is 11.4. The number of methoxy groups -OCH3 is 2. The zero-order valence-corrected chi connectivity index (χ0v) is 16.6. The first kappa shape index (κ1) is 20.7. The van der Waals surface area contributed by atoms with Crippen LogP contribution in [0.5, 0.6) is 11.5 Å². The van der Waals surface area contributed by atoms with Gasteiger partial charge in [0.15, 0.2) is 11.5 Å². The van der Waals surface area contributed by atoms with Gasteiger partial charge in [0.1, 0.15) is 19.4 Å². The van der Waals surface area contributed by atoms with Crippen molar-refractivity contribution in [2.75, 3.05) is 45.5 Å². The van der Waals surface area contributed by atoms with Crippen molar-refractivity contribution in [1.82, 2.24) is 0 Å². The Kier molecular flexibility index (Phi) is 7.09. The molecule has 0 amide bonds. The van der Waals surface area contributed by atoms with Crippen molar-refractivity contribution < 1.29 is 18.9 Å². The summed E-state index contributed by atoms with van der Waals surface area (Å²) in [5, 5.41) is 0. The van der Waals surface area contributed by atoms with Gasteiger partial charge in [-0.25, -0.2) is 0 Å². The van der Waals surface area contributed by atoms with Crippen molar-refractivity contribution in [2.45, 2.75) is 6.17 Å². The highest BCUT2D eigenvalue weighted by molar-refractivity contribution is 5.93. The summed E-state index contributed by atoms with van der Waals surface area (Å²) in [7, 11) is 3.25. The Morgan fingerprint density at radius 2 is 1.72 bits per heavy atom. The van der Waals surface area contributed by atoms with E-state index >= 15 is 0 Å². The van der Waals surface area contributed by atoms with Crippen LogP contribution in [-0.2, 0) is 9.47 Å². The van der Waals surface area contributed by atoms with Crippen LogP contribution in [0.1, 0.15) is 17.3 Å². The van der Waals surface area contributed by atoms with Crippen molar-refractivity contribution in [3.05, 3.63) is 47.5 Å². The van der Waals surface area contributed by atoms with E-state index < -0.39 is 6.17 Å². The number of ether oxygens (including phenoxy) is 4. The van der Waals surface area contributed by atoms with E-state index in [0.29, 0.717) is 37.9 Å². The molecule has 29 heavy (non-hydrogen) atoms. The van der Waals surface area contributed by atoms with E-state index in [1.54, 1.807) is 20.6 Å². The molecule has 0 bridgehead atoms. The van der Waals surface area contributed by atoms with E-state index in [0.717, 1.165) is 22.5 Å². The number of hydrogen-bond donors (Lipinski definition) is 1. The molecule has 7 heteroatoms. The molecule has 1 aliphatic rings. The van der Waals surface area contributed by atoms with E-state index in [1.807, 2.05) is 41.3 Å². The zero-order valence-electron chi connectivity index (χ0n) is 16.6. The summed E-state index contributed by atoms with van der Waals surface area (Å²) >= 11 is 0. The predicted molar refractivity (Wildman–Crippen MR) is 113 cm³/mol. The molecule has 0 aromatic heterocycles. The summed E-state index contributed by atoms with van der Waals surface area (Å²) in [6.45, 7) is 1.71. The topological polar surface area (TPSA) is 78.5 Å². The molecular formula is C22H25N3O4. The van der Waals surface area contributed by atoms with E-state index in [1.165, 1.54) is 0 Å². The Morgan fingerprint density at radius 1 is 1.03 bits per heavy atom. The van der Waals surface area contributed by atoms with Gasteiger partial charge in [-0.05, 0) is 24.3 Å². The molecule has 2 aromatic rings. The monoisotopic (exact) mass is 395 g/mol. The Bertz CT molecular complexity index is 907. The molecule has 1 heterocycles. The second kappa shape index (κ2) is 9.94. The molecule has 3 rings (SSSR count). The molecule has 2 aromatic carbocycles. The molecule has 0 spiro atoms. The number of fused-ring (bicyclic) bond motifs is 1. The zero-order chi connectivity index (χ0) is 20.6. The minimum atomic E-state index is -0.505. The number of benzene rings is 2. The van der Waals surface area contributed by atoms with Crippen LogP contribution in [0.3, 0.4) is 0 Å². The van der Waals surface area contributed by atoms with Gasteiger partial charge in [-0.3, -0.25) is 4.99 Å². The van der Waals surface area contributed by atoms with Crippen molar-refractivity contribution >= 4 is 17.7 Å². The molecule has 0 radical (unpaired) electrons. The van der Waals surface area contributed by atoms with Crippen LogP contribution in [-0.4, -0.2) is 47.0 Å². The van der Waals surface area contributed by atoms with Crippen molar-refractivity contribution in [3.63, 3.8) is 0 Å². The molecular weight excluding hydrogens is 370 g/mol. The summed E-state index contributed by atoms with van der Waals surface area (Å²) in [4.78, 5) is 6.35. The molecule has 1 unspecified atom stereocenters. The van der Waals surface area contributed by atoms with Crippen molar-refractivity contribution in [1.29, 1.82) is 0 Å². The standard InChI is InChI=1S/C22H25N3O4/c1-4-16-6-5-7-17(12-16)25-15-24-22(23)18-13-20(28-10-8-26-2)21(14-19(18)25)29-11-9-27-3/h1,5-7,12-15,22H,8-11,23H2,2-3H3. The molecule has 0 saturated heterocycles. The molecule has 7 nitrogen and oxygen atoms in total. The molecule has 0 fully saturated rings. The molecule has 2 N–H and O–H groups in total. The quantitative estimate of drug-likeness (QED) is 0.520. The van der Waals surface area contributed by atoms with Gasteiger partial charge in [0.25, 0.3) is 0 Å². The first-order chi connectivity index (χ1) is 14.2. The smallest absolute Gasteiger partial charge is 0.163 e. The van der Waals surface area contributed by atoms with Crippen LogP contribution in [0, 0.1) is 12.3 Å². The third-order valence-electron chi connectivity index (χ3n) is 4.39. The molecule has 1 aliphatic heterocycles. The van der Waals surface area contributed by atoms with Gasteiger partial charge < -0.3 is 29.6 Å². The fourth-order valence-electron chi connectivity index (χ4n) is 2.94. The summed E-state index contributed by atoms with van der Waals surface area (Å²) < 4.78 is 21.9. The fourth-order valence-corrected chi connectivity index (χ4v) is 2.94. The highest BCUT2D eigenvalue weighted by atomic mass is 16.5. The van der Waals surface area contributed by atoms with Gasteiger partial charge in [0.2, 0.25) is 0 Å². The maximum Gasteiger partial charge on any atom is 0.163 e. The number of rotatable bonds is 9. The second-order valence-corrected chi connectivity index (χ2v) is 6.31. The van der Waals surface area contributed by atoms with Gasteiger partial charge in [0.05, 0.1) is 25.2 Å². The largest absolute Gasteiger partial charge is 0.487 e. The Balaban J connectivity index is 2.01. The third kappa shape index (κ3) is 4.87.